The number of amides is 1. The maximum atomic E-state index is 13.1. The number of carbonyl (C=O) groups excluding carboxylic acids is 1. The van der Waals surface area contributed by atoms with Gasteiger partial charge in [-0.2, -0.15) is 5.10 Å². The second-order valence-electron chi connectivity index (χ2n) is 5.76. The number of nitrogens with zero attached hydrogens (tertiary/aromatic N) is 2. The highest BCUT2D eigenvalue weighted by molar-refractivity contribution is 6.02. The molecule has 1 aromatic carbocycles. The van der Waals surface area contributed by atoms with Gasteiger partial charge in [0.1, 0.15) is 11.6 Å². The van der Waals surface area contributed by atoms with E-state index in [1.165, 1.54) is 18.2 Å². The van der Waals surface area contributed by atoms with E-state index in [4.69, 9.17) is 4.42 Å². The topological polar surface area (TPSA) is 60.1 Å². The zero-order chi connectivity index (χ0) is 17.3. The normalized spacial score (nSPS) is 10.8. The Morgan fingerprint density at radius 2 is 2.00 bits per heavy atom. The molecule has 0 bridgehead atoms. The molecule has 0 saturated carbocycles. The Labute approximate surface area is 139 Å². The van der Waals surface area contributed by atoms with Crippen molar-refractivity contribution >= 4 is 11.6 Å². The number of hydrogen-bond donors (Lipinski definition) is 1. The number of nitrogens with one attached hydrogen (secondary N) is 1. The molecule has 5 nitrogen and oxygen atoms in total. The molecule has 3 rings (SSSR count). The molecule has 0 spiro atoms. The van der Waals surface area contributed by atoms with E-state index in [9.17, 15) is 9.18 Å². The lowest BCUT2D eigenvalue weighted by Gasteiger charge is -2.07. The summed E-state index contributed by atoms with van der Waals surface area (Å²) in [5.74, 6) is 0.137. The van der Waals surface area contributed by atoms with E-state index in [-0.39, 0.29) is 17.5 Å². The molecule has 1 amide bonds. The van der Waals surface area contributed by atoms with Crippen LogP contribution in [0.3, 0.4) is 0 Å². The number of halogens is 1. The predicted molar refractivity (Wildman–Crippen MR) is 88.6 cm³/mol. The lowest BCUT2D eigenvalue weighted by molar-refractivity contribution is 0.0994. The van der Waals surface area contributed by atoms with Crippen LogP contribution < -0.4 is 5.32 Å². The summed E-state index contributed by atoms with van der Waals surface area (Å²) in [6, 6.07) is 9.55. The molecule has 2 aromatic heterocycles. The molecule has 1 N–H and O–H groups in total. The van der Waals surface area contributed by atoms with Crippen LogP contribution in [0.25, 0.3) is 0 Å². The van der Waals surface area contributed by atoms with Crippen molar-refractivity contribution in [1.82, 2.24) is 9.78 Å². The lowest BCUT2D eigenvalue weighted by Crippen LogP contribution is -2.12. The average molecular weight is 327 g/mol. The van der Waals surface area contributed by atoms with Gasteiger partial charge in [-0.15, -0.1) is 0 Å². The third-order valence-electron chi connectivity index (χ3n) is 3.73. The summed E-state index contributed by atoms with van der Waals surface area (Å²) in [7, 11) is 0. The van der Waals surface area contributed by atoms with E-state index < -0.39 is 0 Å². The van der Waals surface area contributed by atoms with Crippen molar-refractivity contribution in [2.45, 2.75) is 27.3 Å². The minimum Gasteiger partial charge on any atom is -0.454 e. The van der Waals surface area contributed by atoms with Crippen LogP contribution in [0.4, 0.5) is 10.1 Å². The summed E-state index contributed by atoms with van der Waals surface area (Å²) >= 11 is 0. The highest BCUT2D eigenvalue weighted by Gasteiger charge is 2.14. The molecule has 24 heavy (non-hydrogen) atoms. The van der Waals surface area contributed by atoms with Crippen LogP contribution >= 0.6 is 0 Å². The summed E-state index contributed by atoms with van der Waals surface area (Å²) in [5.41, 5.74) is 3.16. The third kappa shape index (κ3) is 3.37. The fraction of sp³-hybridized carbons (Fsp3) is 0.222. The van der Waals surface area contributed by atoms with Crippen molar-refractivity contribution in [3.63, 3.8) is 0 Å². The Balaban J connectivity index is 1.72. The van der Waals surface area contributed by atoms with E-state index in [0.717, 1.165) is 11.4 Å². The van der Waals surface area contributed by atoms with Crippen LogP contribution in [0.2, 0.25) is 0 Å². The van der Waals surface area contributed by atoms with Gasteiger partial charge in [0.15, 0.2) is 5.76 Å². The van der Waals surface area contributed by atoms with Crippen LogP contribution in [0.1, 0.15) is 33.3 Å². The molecule has 2 heterocycles. The van der Waals surface area contributed by atoms with Crippen molar-refractivity contribution < 1.29 is 13.6 Å². The monoisotopic (exact) mass is 327 g/mol. The molecule has 0 aliphatic rings. The van der Waals surface area contributed by atoms with E-state index in [0.29, 0.717) is 23.6 Å². The number of benzene rings is 1. The molecule has 0 saturated heterocycles. The van der Waals surface area contributed by atoms with Crippen molar-refractivity contribution in [3.05, 3.63) is 70.7 Å². The van der Waals surface area contributed by atoms with E-state index >= 15 is 0 Å². The molecule has 3 aromatic rings. The van der Waals surface area contributed by atoms with Gasteiger partial charge < -0.3 is 9.73 Å². The Hall–Kier alpha value is -2.89. The standard InChI is InChI=1S/C18H18FN3O2/c1-11-8-14(19)4-6-16(11)20-18(23)17-7-5-15(24-17)10-22-13(3)9-12(2)21-22/h4-9H,10H2,1-3H3,(H,20,23). The van der Waals surface area contributed by atoms with Gasteiger partial charge in [-0.1, -0.05) is 0 Å². The molecule has 0 radical (unpaired) electrons. The first kappa shape index (κ1) is 16.0. The third-order valence-corrected chi connectivity index (χ3v) is 3.73. The van der Waals surface area contributed by atoms with Gasteiger partial charge in [0.25, 0.3) is 5.91 Å². The Morgan fingerprint density at radius 1 is 1.21 bits per heavy atom. The SMILES string of the molecule is Cc1cc(C)n(Cc2ccc(C(=O)Nc3ccc(F)cc3C)o2)n1. The van der Waals surface area contributed by atoms with Crippen molar-refractivity contribution in [2.75, 3.05) is 5.32 Å². The van der Waals surface area contributed by atoms with Gasteiger partial charge in [-0.25, -0.2) is 4.39 Å². The molecule has 0 fully saturated rings. The van der Waals surface area contributed by atoms with Crippen molar-refractivity contribution in [3.8, 4) is 0 Å². The smallest absolute Gasteiger partial charge is 0.291 e. The summed E-state index contributed by atoms with van der Waals surface area (Å²) < 4.78 is 20.5. The van der Waals surface area contributed by atoms with Gasteiger partial charge in [-0.3, -0.25) is 9.48 Å². The molecule has 6 heteroatoms. The minimum atomic E-state index is -0.371. The van der Waals surface area contributed by atoms with Crippen LogP contribution in [-0.2, 0) is 6.54 Å². The molecular formula is C18H18FN3O2. The molecule has 124 valence electrons. The maximum Gasteiger partial charge on any atom is 0.291 e. The number of furan rings is 1. The van der Waals surface area contributed by atoms with Gasteiger partial charge in [0, 0.05) is 11.4 Å². The van der Waals surface area contributed by atoms with Crippen LogP contribution in [-0.4, -0.2) is 15.7 Å². The van der Waals surface area contributed by atoms with Crippen molar-refractivity contribution in [1.29, 1.82) is 0 Å². The van der Waals surface area contributed by atoms with Gasteiger partial charge in [0.05, 0.1) is 12.2 Å². The summed E-state index contributed by atoms with van der Waals surface area (Å²) in [6.07, 6.45) is 0. The zero-order valence-electron chi connectivity index (χ0n) is 13.8. The van der Waals surface area contributed by atoms with Crippen LogP contribution in [0.15, 0.2) is 40.8 Å². The first-order valence-electron chi connectivity index (χ1n) is 7.59. The first-order valence-corrected chi connectivity index (χ1v) is 7.59. The zero-order valence-corrected chi connectivity index (χ0v) is 13.8. The average Bonchev–Trinajstić information content (AvgIpc) is 3.09. The second kappa shape index (κ2) is 6.31. The van der Waals surface area contributed by atoms with Gasteiger partial charge >= 0.3 is 0 Å². The molecule has 0 atom stereocenters. The van der Waals surface area contributed by atoms with E-state index in [2.05, 4.69) is 10.4 Å². The Morgan fingerprint density at radius 3 is 2.67 bits per heavy atom. The fourth-order valence-corrected chi connectivity index (χ4v) is 2.52. The quantitative estimate of drug-likeness (QED) is 0.792. The van der Waals surface area contributed by atoms with E-state index in [1.54, 1.807) is 19.1 Å². The summed E-state index contributed by atoms with van der Waals surface area (Å²) in [6.45, 7) is 6.08. The Kier molecular flexibility index (Phi) is 4.20. The molecule has 0 aliphatic carbocycles. The second-order valence-corrected chi connectivity index (χ2v) is 5.76. The summed E-state index contributed by atoms with van der Waals surface area (Å²) in [4.78, 5) is 12.3. The number of aromatic nitrogens is 2. The lowest BCUT2D eigenvalue weighted by atomic mass is 10.2. The summed E-state index contributed by atoms with van der Waals surface area (Å²) in [5, 5.41) is 7.09. The van der Waals surface area contributed by atoms with Gasteiger partial charge in [-0.05, 0) is 62.7 Å². The number of rotatable bonds is 4. The predicted octanol–water partition coefficient (Wildman–Crippen LogP) is 3.84. The number of carbonyl (C=O) groups is 1. The first-order chi connectivity index (χ1) is 11.4. The number of aryl methyl sites for hydroxylation is 3. The van der Waals surface area contributed by atoms with Crippen molar-refractivity contribution in [2.24, 2.45) is 0 Å². The molecule has 0 unspecified atom stereocenters. The van der Waals surface area contributed by atoms with Crippen LogP contribution in [0.5, 0.6) is 0 Å². The molecular weight excluding hydrogens is 309 g/mol. The maximum absolute atomic E-state index is 13.1. The van der Waals surface area contributed by atoms with E-state index in [1.807, 2.05) is 24.6 Å². The fourth-order valence-electron chi connectivity index (χ4n) is 2.52. The Bertz CT molecular complexity index is 896. The van der Waals surface area contributed by atoms with Crippen LogP contribution in [0, 0.1) is 26.6 Å². The minimum absolute atomic E-state index is 0.204. The molecule has 0 aliphatic heterocycles. The highest BCUT2D eigenvalue weighted by atomic mass is 19.1. The highest BCUT2D eigenvalue weighted by Crippen LogP contribution is 2.18. The number of hydrogen-bond acceptors (Lipinski definition) is 3. The van der Waals surface area contributed by atoms with Gasteiger partial charge in [0.2, 0.25) is 0 Å². The largest absolute Gasteiger partial charge is 0.454 e. The number of anilines is 1.